The predicted octanol–water partition coefficient (Wildman–Crippen LogP) is 16.3. The molecule has 9 aromatic carbocycles. The van der Waals surface area contributed by atoms with Gasteiger partial charge in [-0.2, -0.15) is 0 Å². The van der Waals surface area contributed by atoms with Gasteiger partial charge in [0.1, 0.15) is 11.4 Å². The van der Waals surface area contributed by atoms with Crippen LogP contribution in [-0.2, 0) is 21.7 Å². The van der Waals surface area contributed by atoms with Gasteiger partial charge in [-0.3, -0.25) is 0 Å². The summed E-state index contributed by atoms with van der Waals surface area (Å²) >= 11 is 0. The number of para-hydroxylation sites is 2. The van der Waals surface area contributed by atoms with Crippen LogP contribution in [0.5, 0.6) is 0 Å². The van der Waals surface area contributed by atoms with E-state index in [2.05, 4.69) is 297 Å². The summed E-state index contributed by atoms with van der Waals surface area (Å²) in [5, 5.41) is 0. The summed E-state index contributed by atoms with van der Waals surface area (Å²) in [6, 6.07) is 73.9. The van der Waals surface area contributed by atoms with E-state index in [1.807, 2.05) is 0 Å². The molecule has 15 rings (SSSR count). The Kier molecular flexibility index (Phi) is 10.5. The summed E-state index contributed by atoms with van der Waals surface area (Å²) in [7, 11) is 0. The first-order valence-electron chi connectivity index (χ1n) is 29.2. The van der Waals surface area contributed by atoms with Crippen molar-refractivity contribution in [3.05, 3.63) is 216 Å². The lowest BCUT2D eigenvalue weighted by molar-refractivity contribution is 0.568. The minimum atomic E-state index is -0.221. The molecule has 396 valence electrons. The van der Waals surface area contributed by atoms with Gasteiger partial charge in [0, 0.05) is 45.5 Å². The van der Waals surface area contributed by atoms with Gasteiger partial charge in [-0.15, -0.1) is 0 Å². The highest BCUT2D eigenvalue weighted by Gasteiger charge is 2.55. The molecule has 0 saturated heterocycles. The van der Waals surface area contributed by atoms with E-state index in [9.17, 15) is 0 Å². The van der Waals surface area contributed by atoms with Crippen molar-refractivity contribution in [1.82, 2.24) is 0 Å². The lowest BCUT2D eigenvalue weighted by Crippen LogP contribution is -2.61. The van der Waals surface area contributed by atoms with Gasteiger partial charge < -0.3 is 24.0 Å². The zero-order valence-corrected chi connectivity index (χ0v) is 48.8. The largest absolute Gasteiger partial charge is 0.480 e. The van der Waals surface area contributed by atoms with Crippen LogP contribution in [0.1, 0.15) is 105 Å². The molecule has 0 atom stereocenters. The highest BCUT2D eigenvalue weighted by molar-refractivity contribution is 7.02. The van der Waals surface area contributed by atoms with Crippen molar-refractivity contribution in [3.63, 3.8) is 0 Å². The summed E-state index contributed by atoms with van der Waals surface area (Å²) in [5.74, 6) is 0. The molecule has 81 heavy (non-hydrogen) atoms. The van der Waals surface area contributed by atoms with Gasteiger partial charge in [-0.1, -0.05) is 204 Å². The Morgan fingerprint density at radius 1 is 0.284 bits per heavy atom. The molecule has 7 heteroatoms. The third kappa shape index (κ3) is 7.39. The van der Waals surface area contributed by atoms with Crippen molar-refractivity contribution >= 4 is 115 Å². The topological polar surface area (TPSA) is 26.1 Å². The molecule has 5 nitrogen and oxygen atoms in total. The van der Waals surface area contributed by atoms with E-state index < -0.39 is 0 Å². The maximum atomic E-state index is 8.13. The monoisotopic (exact) mass is 1050 g/mol. The minimum absolute atomic E-state index is 0.0723. The number of rotatable bonds is 4. The molecule has 0 N–H and O–H groups in total. The number of hydrogen-bond donors (Lipinski definition) is 0. The van der Waals surface area contributed by atoms with E-state index in [4.69, 9.17) is 4.42 Å². The Morgan fingerprint density at radius 2 is 0.654 bits per heavy atom. The van der Waals surface area contributed by atoms with Crippen molar-refractivity contribution in [2.24, 2.45) is 0 Å². The third-order valence-corrected chi connectivity index (χ3v) is 18.1. The Balaban J connectivity index is 1.03. The fourth-order valence-electron chi connectivity index (χ4n) is 13.8. The standard InChI is InChI=1S/C74H68B2N4O/c1-71(2,3)49-39-50(72(4,5)6)42-53(41-49)77-57-36-34-47(45-23-15-13-16-24-45)37-56(57)76-66-60(77)29-21-32-63(66)80-59-28-20-19-27-58(59)79-62-31-22-30-61-65(62)75(69-67(79)68(80)70(76)81-69)55-35-33-48(46-25-17-14-18-26-46)38-64(55)78(61)54-43-51(73(7,8)9)40-52(44-54)74(10,11)12/h13-44H,1-12H3. The first-order chi connectivity index (χ1) is 38.7. The predicted molar refractivity (Wildman–Crippen MR) is 346 cm³/mol. The zero-order valence-electron chi connectivity index (χ0n) is 48.8. The number of anilines is 12. The first kappa shape index (κ1) is 49.6. The van der Waals surface area contributed by atoms with Crippen LogP contribution in [0.15, 0.2) is 199 Å². The lowest BCUT2D eigenvalue weighted by atomic mass is 9.35. The van der Waals surface area contributed by atoms with Crippen LogP contribution in [0.4, 0.5) is 68.2 Å². The normalized spacial score (nSPS) is 14.5. The van der Waals surface area contributed by atoms with Crippen molar-refractivity contribution < 1.29 is 4.42 Å². The van der Waals surface area contributed by atoms with Crippen molar-refractivity contribution in [1.29, 1.82) is 0 Å². The van der Waals surface area contributed by atoms with E-state index in [1.54, 1.807) is 0 Å². The molecule has 0 fully saturated rings. The summed E-state index contributed by atoms with van der Waals surface area (Å²) < 4.78 is 8.13. The maximum Gasteiger partial charge on any atom is 0.297 e. The van der Waals surface area contributed by atoms with Gasteiger partial charge in [-0.25, -0.2) is 0 Å². The molecule has 6 heterocycles. The van der Waals surface area contributed by atoms with Crippen molar-refractivity contribution in [3.8, 4) is 22.3 Å². The molecular formula is C74H68B2N4O. The molecule has 1 aromatic heterocycles. The quantitative estimate of drug-likeness (QED) is 0.164. The van der Waals surface area contributed by atoms with E-state index in [-0.39, 0.29) is 35.1 Å². The Labute approximate surface area is 479 Å². The highest BCUT2D eigenvalue weighted by atomic mass is 16.3. The summed E-state index contributed by atoms with van der Waals surface area (Å²) in [4.78, 5) is 10.3. The summed E-state index contributed by atoms with van der Waals surface area (Å²) in [6.07, 6.45) is 0. The molecule has 0 radical (unpaired) electrons. The van der Waals surface area contributed by atoms with Crippen LogP contribution >= 0.6 is 0 Å². The zero-order chi connectivity index (χ0) is 55.8. The SMILES string of the molecule is CC(C)(C)c1cc(N2c3ccc(-c4ccccc4)cc3B3c4oc5c6c4N(c4ccccc4N6c4cccc6c4B5c4ccc(-c5ccccc5)cc4N6c4cc(C(C)(C)C)cc(C(C)(C)C)c4)c4cccc2c43)cc(C(C)(C)C)c1. The van der Waals surface area contributed by atoms with Crippen LogP contribution in [0.25, 0.3) is 22.3 Å². The van der Waals surface area contributed by atoms with Gasteiger partial charge in [0.2, 0.25) is 0 Å². The van der Waals surface area contributed by atoms with Crippen molar-refractivity contribution in [2.45, 2.75) is 105 Å². The summed E-state index contributed by atoms with van der Waals surface area (Å²) in [6.45, 7) is 27.6. The molecular weight excluding hydrogens is 982 g/mol. The van der Waals surface area contributed by atoms with E-state index in [0.717, 1.165) is 34.1 Å². The third-order valence-electron chi connectivity index (χ3n) is 18.1. The van der Waals surface area contributed by atoms with E-state index >= 15 is 0 Å². The fraction of sp³-hybridized carbons (Fsp3) is 0.216. The Bertz CT molecular complexity index is 4200. The fourth-order valence-corrected chi connectivity index (χ4v) is 13.8. The smallest absolute Gasteiger partial charge is 0.297 e. The minimum Gasteiger partial charge on any atom is -0.480 e. The molecule has 0 bridgehead atoms. The molecule has 0 saturated carbocycles. The van der Waals surface area contributed by atoms with Crippen LogP contribution in [0.3, 0.4) is 0 Å². The number of nitrogens with zero attached hydrogens (tertiary/aromatic N) is 4. The van der Waals surface area contributed by atoms with E-state index in [0.29, 0.717) is 0 Å². The average Bonchev–Trinajstić information content (AvgIpc) is 4.02. The second-order valence-electron chi connectivity index (χ2n) is 27.5. The maximum absolute atomic E-state index is 8.13. The Hall–Kier alpha value is -8.41. The molecule has 0 amide bonds. The molecule has 0 unspecified atom stereocenters. The van der Waals surface area contributed by atoms with Gasteiger partial charge in [0.25, 0.3) is 13.4 Å². The number of furan rings is 1. The van der Waals surface area contributed by atoms with Gasteiger partial charge in [-0.05, 0) is 161 Å². The summed E-state index contributed by atoms with van der Waals surface area (Å²) in [5.41, 5.74) is 30.6. The molecule has 5 aliphatic heterocycles. The van der Waals surface area contributed by atoms with Gasteiger partial charge in [0.15, 0.2) is 0 Å². The number of hydrogen-bond acceptors (Lipinski definition) is 5. The van der Waals surface area contributed by atoms with Crippen LogP contribution in [-0.4, -0.2) is 13.4 Å². The second-order valence-corrected chi connectivity index (χ2v) is 27.5. The molecule has 0 aliphatic carbocycles. The number of fused-ring (bicyclic) bond motifs is 11. The lowest BCUT2D eigenvalue weighted by Gasteiger charge is -2.48. The molecule has 0 spiro atoms. The highest BCUT2D eigenvalue weighted by Crippen LogP contribution is 2.58. The van der Waals surface area contributed by atoms with Crippen LogP contribution in [0.2, 0.25) is 0 Å². The second kappa shape index (κ2) is 17.1. The molecule has 10 aromatic rings. The average molecular weight is 1050 g/mol. The van der Waals surface area contributed by atoms with Crippen LogP contribution < -0.4 is 52.8 Å². The van der Waals surface area contributed by atoms with Crippen LogP contribution in [0, 0.1) is 0 Å². The van der Waals surface area contributed by atoms with E-state index in [1.165, 1.54) is 112 Å². The Morgan fingerprint density at radius 3 is 1.10 bits per heavy atom. The van der Waals surface area contributed by atoms with Gasteiger partial charge >= 0.3 is 0 Å². The van der Waals surface area contributed by atoms with Crippen molar-refractivity contribution in [2.75, 3.05) is 19.6 Å². The van der Waals surface area contributed by atoms with Gasteiger partial charge in [0.05, 0.1) is 22.7 Å². The number of benzene rings is 9. The first-order valence-corrected chi connectivity index (χ1v) is 29.2. The molecule has 5 aliphatic rings.